The lowest BCUT2D eigenvalue weighted by Gasteiger charge is -2.09. The fourth-order valence-electron chi connectivity index (χ4n) is 1.52. The molecule has 0 bridgehead atoms. The Morgan fingerprint density at radius 2 is 1.12 bits per heavy atom. The molecule has 0 aromatic heterocycles. The Morgan fingerprint density at radius 1 is 0.688 bits per heavy atom. The average molecular weight is 222 g/mol. The molecule has 2 aromatic rings. The molecule has 0 amide bonds. The minimum Gasteiger partial charge on any atom is -0.507 e. The highest BCUT2D eigenvalue weighted by Crippen LogP contribution is 2.39. The first-order valence-corrected chi connectivity index (χ1v) is 4.56. The molecule has 0 aliphatic carbocycles. The Labute approximate surface area is 90.4 Å². The van der Waals surface area contributed by atoms with Crippen molar-refractivity contribution < 1.29 is 19.0 Å². The molecule has 4 heteroatoms. The van der Waals surface area contributed by atoms with E-state index in [9.17, 15) is 19.0 Å². The lowest BCUT2D eigenvalue weighted by Crippen LogP contribution is -1.90. The van der Waals surface area contributed by atoms with Gasteiger partial charge in [-0.25, -0.2) is 8.78 Å². The summed E-state index contributed by atoms with van der Waals surface area (Å²) in [6, 6.07) is 7.22. The Kier molecular flexibility index (Phi) is 2.48. The van der Waals surface area contributed by atoms with Crippen LogP contribution in [0.3, 0.4) is 0 Å². The van der Waals surface area contributed by atoms with Gasteiger partial charge in [0.05, 0.1) is 11.1 Å². The number of phenolic OH excluding ortho intramolecular Hbond substituents is 2. The van der Waals surface area contributed by atoms with Crippen LogP contribution < -0.4 is 0 Å². The van der Waals surface area contributed by atoms with Crippen LogP contribution in [0.25, 0.3) is 11.1 Å². The maximum Gasteiger partial charge on any atom is 0.134 e. The number of aromatic hydroxyl groups is 2. The molecule has 0 fully saturated rings. The largest absolute Gasteiger partial charge is 0.507 e. The average Bonchev–Trinajstić information content (AvgIpc) is 2.21. The van der Waals surface area contributed by atoms with Gasteiger partial charge in [-0.2, -0.15) is 0 Å². The topological polar surface area (TPSA) is 40.5 Å². The van der Waals surface area contributed by atoms with Gasteiger partial charge in [-0.15, -0.1) is 0 Å². The summed E-state index contributed by atoms with van der Waals surface area (Å²) in [6.45, 7) is 0. The van der Waals surface area contributed by atoms with Crippen molar-refractivity contribution in [1.82, 2.24) is 0 Å². The van der Waals surface area contributed by atoms with Crippen LogP contribution >= 0.6 is 0 Å². The monoisotopic (exact) mass is 222 g/mol. The van der Waals surface area contributed by atoms with Gasteiger partial charge in [-0.3, -0.25) is 0 Å². The zero-order valence-corrected chi connectivity index (χ0v) is 8.11. The Balaban J connectivity index is 2.77. The van der Waals surface area contributed by atoms with Crippen LogP contribution in [0.15, 0.2) is 36.4 Å². The molecule has 0 unspecified atom stereocenters. The van der Waals surface area contributed by atoms with Crippen LogP contribution in [0, 0.1) is 11.6 Å². The van der Waals surface area contributed by atoms with Crippen LogP contribution in [-0.4, -0.2) is 10.2 Å². The first-order valence-electron chi connectivity index (χ1n) is 4.56. The fourth-order valence-corrected chi connectivity index (χ4v) is 1.52. The maximum atomic E-state index is 13.4. The number of phenols is 2. The van der Waals surface area contributed by atoms with Crippen LogP contribution in [0.4, 0.5) is 8.78 Å². The molecule has 16 heavy (non-hydrogen) atoms. The summed E-state index contributed by atoms with van der Waals surface area (Å²) in [5, 5.41) is 19.0. The van der Waals surface area contributed by atoms with Crippen molar-refractivity contribution in [2.75, 3.05) is 0 Å². The minimum atomic E-state index is -0.836. The molecule has 0 aliphatic rings. The summed E-state index contributed by atoms with van der Waals surface area (Å²) < 4.78 is 26.9. The molecule has 0 saturated heterocycles. The second kappa shape index (κ2) is 3.81. The standard InChI is InChI=1S/C12H8F2O2/c13-7-3-1-4-8(14)11(7)12-9(15)5-2-6-10(12)16/h1-6,15-16H. The zero-order valence-electron chi connectivity index (χ0n) is 8.11. The summed E-state index contributed by atoms with van der Waals surface area (Å²) in [6.07, 6.45) is 0. The normalized spacial score (nSPS) is 10.4. The van der Waals surface area contributed by atoms with Crippen LogP contribution in [-0.2, 0) is 0 Å². The van der Waals surface area contributed by atoms with Gasteiger partial charge in [0.25, 0.3) is 0 Å². The molecule has 2 rings (SSSR count). The fraction of sp³-hybridized carbons (Fsp3) is 0. The Hall–Kier alpha value is -2.10. The third-order valence-corrected chi connectivity index (χ3v) is 2.23. The van der Waals surface area contributed by atoms with Crippen molar-refractivity contribution in [2.45, 2.75) is 0 Å². The highest BCUT2D eigenvalue weighted by molar-refractivity contribution is 5.76. The molecule has 2 aromatic carbocycles. The summed E-state index contributed by atoms with van der Waals surface area (Å²) >= 11 is 0. The van der Waals surface area contributed by atoms with E-state index in [0.717, 1.165) is 12.1 Å². The molecule has 0 saturated carbocycles. The van der Waals surface area contributed by atoms with E-state index in [0.29, 0.717) is 0 Å². The minimum absolute atomic E-state index is 0.238. The van der Waals surface area contributed by atoms with Crippen molar-refractivity contribution in [1.29, 1.82) is 0 Å². The molecule has 0 heterocycles. The van der Waals surface area contributed by atoms with E-state index in [1.54, 1.807) is 0 Å². The summed E-state index contributed by atoms with van der Waals surface area (Å²) in [5.41, 5.74) is -0.670. The molecule has 2 N–H and O–H groups in total. The number of hydrogen-bond donors (Lipinski definition) is 2. The Bertz CT molecular complexity index is 449. The second-order valence-electron chi connectivity index (χ2n) is 3.27. The first kappa shape index (κ1) is 10.4. The van der Waals surface area contributed by atoms with Gasteiger partial charge in [0.1, 0.15) is 23.1 Å². The van der Waals surface area contributed by atoms with Gasteiger partial charge in [-0.05, 0) is 24.3 Å². The van der Waals surface area contributed by atoms with E-state index < -0.39 is 17.2 Å². The lowest BCUT2D eigenvalue weighted by molar-refractivity contribution is 0.452. The summed E-state index contributed by atoms with van der Waals surface area (Å²) in [5.74, 6) is -2.42. The van der Waals surface area contributed by atoms with Crippen LogP contribution in [0.1, 0.15) is 0 Å². The quantitative estimate of drug-likeness (QED) is 0.778. The molecule has 0 atom stereocenters. The van der Waals surface area contributed by atoms with E-state index in [1.165, 1.54) is 24.3 Å². The first-order chi connectivity index (χ1) is 7.61. The lowest BCUT2D eigenvalue weighted by atomic mass is 10.0. The molecular formula is C12H8F2O2. The van der Waals surface area contributed by atoms with E-state index >= 15 is 0 Å². The number of rotatable bonds is 1. The summed E-state index contributed by atoms with van der Waals surface area (Å²) in [4.78, 5) is 0. The van der Waals surface area contributed by atoms with Crippen molar-refractivity contribution >= 4 is 0 Å². The molecular weight excluding hydrogens is 214 g/mol. The van der Waals surface area contributed by atoms with Gasteiger partial charge in [0.2, 0.25) is 0 Å². The van der Waals surface area contributed by atoms with E-state index in [2.05, 4.69) is 0 Å². The van der Waals surface area contributed by atoms with Crippen LogP contribution in [0.2, 0.25) is 0 Å². The van der Waals surface area contributed by atoms with Crippen molar-refractivity contribution in [3.8, 4) is 22.6 Å². The third kappa shape index (κ3) is 1.58. The zero-order chi connectivity index (χ0) is 11.7. The predicted octanol–water partition coefficient (Wildman–Crippen LogP) is 3.04. The second-order valence-corrected chi connectivity index (χ2v) is 3.27. The summed E-state index contributed by atoms with van der Waals surface area (Å²) in [7, 11) is 0. The van der Waals surface area contributed by atoms with E-state index in [1.807, 2.05) is 0 Å². The Morgan fingerprint density at radius 3 is 1.62 bits per heavy atom. The third-order valence-electron chi connectivity index (χ3n) is 2.23. The predicted molar refractivity (Wildman–Crippen MR) is 55.1 cm³/mol. The number of hydrogen-bond acceptors (Lipinski definition) is 2. The smallest absolute Gasteiger partial charge is 0.134 e. The molecule has 0 aliphatic heterocycles. The highest BCUT2D eigenvalue weighted by Gasteiger charge is 2.17. The SMILES string of the molecule is Oc1cccc(O)c1-c1c(F)cccc1F. The highest BCUT2D eigenvalue weighted by atomic mass is 19.1. The van der Waals surface area contributed by atoms with Gasteiger partial charge in [0, 0.05) is 0 Å². The van der Waals surface area contributed by atoms with Gasteiger partial charge in [-0.1, -0.05) is 12.1 Å². The van der Waals surface area contributed by atoms with E-state index in [-0.39, 0.29) is 17.1 Å². The van der Waals surface area contributed by atoms with Gasteiger partial charge >= 0.3 is 0 Å². The van der Waals surface area contributed by atoms with Gasteiger partial charge in [0.15, 0.2) is 0 Å². The van der Waals surface area contributed by atoms with Crippen molar-refractivity contribution in [3.05, 3.63) is 48.0 Å². The van der Waals surface area contributed by atoms with E-state index in [4.69, 9.17) is 0 Å². The van der Waals surface area contributed by atoms with Gasteiger partial charge < -0.3 is 10.2 Å². The number of benzene rings is 2. The van der Waals surface area contributed by atoms with Crippen molar-refractivity contribution in [2.24, 2.45) is 0 Å². The van der Waals surface area contributed by atoms with Crippen LogP contribution in [0.5, 0.6) is 11.5 Å². The molecule has 0 radical (unpaired) electrons. The number of halogens is 2. The molecule has 82 valence electrons. The maximum absolute atomic E-state index is 13.4. The van der Waals surface area contributed by atoms with Crippen molar-refractivity contribution in [3.63, 3.8) is 0 Å². The molecule has 0 spiro atoms. The molecule has 2 nitrogen and oxygen atoms in total.